The molecule has 0 aromatic carbocycles. The quantitative estimate of drug-likeness (QED) is 0.232. The molecule has 2 heterocycles. The lowest BCUT2D eigenvalue weighted by Crippen LogP contribution is -2.38. The van der Waals surface area contributed by atoms with E-state index < -0.39 is 0 Å². The predicted octanol–water partition coefficient (Wildman–Crippen LogP) is 2.62. The number of aryl methyl sites for hydroxylation is 1. The standard InChI is InChI=1S/C17H30N4O2S.HI/c1-3-15-12-21-16(24-15)7-8-19-17(18-4-2)20-9-11-22-13-14-6-5-10-23-14;/h12,14H,3-11,13H2,1-2H3,(H2,18,19,20);1H. The molecule has 1 atom stereocenters. The molecule has 6 nitrogen and oxygen atoms in total. The third-order valence-corrected chi connectivity index (χ3v) is 4.96. The molecule has 1 aromatic heterocycles. The minimum absolute atomic E-state index is 0. The van der Waals surface area contributed by atoms with E-state index in [0.29, 0.717) is 19.8 Å². The van der Waals surface area contributed by atoms with E-state index in [0.717, 1.165) is 51.3 Å². The van der Waals surface area contributed by atoms with Gasteiger partial charge < -0.3 is 20.1 Å². The van der Waals surface area contributed by atoms with Crippen molar-refractivity contribution < 1.29 is 9.47 Å². The molecule has 1 unspecified atom stereocenters. The molecule has 8 heteroatoms. The molecule has 2 N–H and O–H groups in total. The molecule has 2 rings (SSSR count). The number of aliphatic imine (C=N–C) groups is 1. The molecule has 0 spiro atoms. The topological polar surface area (TPSA) is 67.8 Å². The molecule has 1 fully saturated rings. The van der Waals surface area contributed by atoms with Gasteiger partial charge in [0.2, 0.25) is 0 Å². The van der Waals surface area contributed by atoms with E-state index in [4.69, 9.17) is 9.47 Å². The van der Waals surface area contributed by atoms with Gasteiger partial charge in [0.05, 0.1) is 30.9 Å². The molecule has 0 saturated carbocycles. The Balaban J connectivity index is 0.00000312. The van der Waals surface area contributed by atoms with Gasteiger partial charge in [0, 0.05) is 37.2 Å². The molecule has 25 heavy (non-hydrogen) atoms. The number of nitrogens with one attached hydrogen (secondary N) is 2. The first-order valence-corrected chi connectivity index (χ1v) is 9.78. The number of guanidine groups is 1. The first-order chi connectivity index (χ1) is 11.8. The average Bonchev–Trinajstić information content (AvgIpc) is 3.26. The Hall–Kier alpha value is -0.450. The van der Waals surface area contributed by atoms with E-state index in [9.17, 15) is 0 Å². The molecular weight excluding hydrogens is 451 g/mol. The van der Waals surface area contributed by atoms with Crippen molar-refractivity contribution in [2.45, 2.75) is 45.6 Å². The monoisotopic (exact) mass is 482 g/mol. The SMILES string of the molecule is CCNC(=NCCOCC1CCCO1)NCCc1ncc(CC)s1.I. The molecule has 0 radical (unpaired) electrons. The van der Waals surface area contributed by atoms with Gasteiger partial charge in [-0.15, -0.1) is 35.3 Å². The van der Waals surface area contributed by atoms with Crippen LogP contribution in [0.25, 0.3) is 0 Å². The van der Waals surface area contributed by atoms with Crippen molar-refractivity contribution in [3.63, 3.8) is 0 Å². The Morgan fingerprint density at radius 2 is 2.32 bits per heavy atom. The third kappa shape index (κ3) is 9.16. The van der Waals surface area contributed by atoms with Gasteiger partial charge in [0.15, 0.2) is 5.96 Å². The van der Waals surface area contributed by atoms with Crippen molar-refractivity contribution in [3.8, 4) is 0 Å². The second kappa shape index (κ2) is 13.7. The van der Waals surface area contributed by atoms with Crippen molar-refractivity contribution in [3.05, 3.63) is 16.1 Å². The summed E-state index contributed by atoms with van der Waals surface area (Å²) in [4.78, 5) is 10.3. The van der Waals surface area contributed by atoms with Gasteiger partial charge in [-0.05, 0) is 26.2 Å². The van der Waals surface area contributed by atoms with Crippen LogP contribution < -0.4 is 10.6 Å². The molecule has 0 bridgehead atoms. The number of ether oxygens (including phenoxy) is 2. The fourth-order valence-electron chi connectivity index (χ4n) is 2.47. The lowest BCUT2D eigenvalue weighted by Gasteiger charge is -2.11. The van der Waals surface area contributed by atoms with Crippen LogP contribution in [0.2, 0.25) is 0 Å². The minimum atomic E-state index is 0. The van der Waals surface area contributed by atoms with E-state index in [1.165, 1.54) is 9.88 Å². The summed E-state index contributed by atoms with van der Waals surface area (Å²) in [5.74, 6) is 0.838. The minimum Gasteiger partial charge on any atom is -0.377 e. The van der Waals surface area contributed by atoms with Crippen molar-refractivity contribution in [1.29, 1.82) is 0 Å². The number of nitrogens with zero attached hydrogens (tertiary/aromatic N) is 2. The van der Waals surface area contributed by atoms with Crippen molar-refractivity contribution >= 4 is 41.3 Å². The second-order valence-corrected chi connectivity index (χ2v) is 6.92. The summed E-state index contributed by atoms with van der Waals surface area (Å²) in [7, 11) is 0. The number of thiazole rings is 1. The largest absolute Gasteiger partial charge is 0.377 e. The van der Waals surface area contributed by atoms with Crippen LogP contribution in [0.3, 0.4) is 0 Å². The number of rotatable bonds is 10. The van der Waals surface area contributed by atoms with Crippen LogP contribution in [-0.4, -0.2) is 56.5 Å². The Morgan fingerprint density at radius 1 is 1.44 bits per heavy atom. The van der Waals surface area contributed by atoms with Crippen LogP contribution in [0.15, 0.2) is 11.2 Å². The van der Waals surface area contributed by atoms with E-state index in [-0.39, 0.29) is 30.1 Å². The van der Waals surface area contributed by atoms with E-state index >= 15 is 0 Å². The van der Waals surface area contributed by atoms with Crippen molar-refractivity contribution in [2.24, 2.45) is 4.99 Å². The first kappa shape index (κ1) is 22.6. The smallest absolute Gasteiger partial charge is 0.191 e. The van der Waals surface area contributed by atoms with Crippen LogP contribution >= 0.6 is 35.3 Å². The Labute approximate surface area is 172 Å². The zero-order valence-corrected chi connectivity index (χ0v) is 18.4. The Kier molecular flexibility index (Phi) is 12.4. The lowest BCUT2D eigenvalue weighted by molar-refractivity contribution is 0.0200. The highest BCUT2D eigenvalue weighted by molar-refractivity contribution is 14.0. The second-order valence-electron chi connectivity index (χ2n) is 5.72. The van der Waals surface area contributed by atoms with Crippen molar-refractivity contribution in [2.75, 3.05) is 39.5 Å². The molecule has 144 valence electrons. The highest BCUT2D eigenvalue weighted by Crippen LogP contribution is 2.13. The molecular formula is C17H31IN4O2S. The molecule has 1 aliphatic heterocycles. The summed E-state index contributed by atoms with van der Waals surface area (Å²) in [5.41, 5.74) is 0. The molecule has 0 aliphatic carbocycles. The fraction of sp³-hybridized carbons (Fsp3) is 0.765. The average molecular weight is 482 g/mol. The summed E-state index contributed by atoms with van der Waals surface area (Å²) < 4.78 is 11.2. The van der Waals surface area contributed by atoms with E-state index in [1.54, 1.807) is 11.3 Å². The summed E-state index contributed by atoms with van der Waals surface area (Å²) >= 11 is 1.79. The van der Waals surface area contributed by atoms with Gasteiger partial charge in [0.25, 0.3) is 0 Å². The number of hydrogen-bond acceptors (Lipinski definition) is 5. The van der Waals surface area contributed by atoms with Crippen LogP contribution in [-0.2, 0) is 22.3 Å². The third-order valence-electron chi connectivity index (χ3n) is 3.76. The Morgan fingerprint density at radius 3 is 3.00 bits per heavy atom. The highest BCUT2D eigenvalue weighted by atomic mass is 127. The van der Waals surface area contributed by atoms with Crippen LogP contribution in [0.4, 0.5) is 0 Å². The van der Waals surface area contributed by atoms with Gasteiger partial charge >= 0.3 is 0 Å². The molecule has 1 saturated heterocycles. The maximum absolute atomic E-state index is 5.64. The zero-order valence-electron chi connectivity index (χ0n) is 15.3. The number of hydrogen-bond donors (Lipinski definition) is 2. The Bertz CT molecular complexity index is 493. The zero-order chi connectivity index (χ0) is 17.0. The van der Waals surface area contributed by atoms with E-state index in [2.05, 4.69) is 34.5 Å². The lowest BCUT2D eigenvalue weighted by atomic mass is 10.2. The summed E-state index contributed by atoms with van der Waals surface area (Å²) in [5, 5.41) is 7.79. The van der Waals surface area contributed by atoms with Gasteiger partial charge in [-0.25, -0.2) is 4.98 Å². The van der Waals surface area contributed by atoms with Crippen LogP contribution in [0.5, 0.6) is 0 Å². The summed E-state index contributed by atoms with van der Waals surface area (Å²) in [6.07, 6.45) is 6.51. The van der Waals surface area contributed by atoms with Gasteiger partial charge in [-0.1, -0.05) is 6.92 Å². The van der Waals surface area contributed by atoms with Crippen LogP contribution in [0, 0.1) is 0 Å². The first-order valence-electron chi connectivity index (χ1n) is 8.97. The highest BCUT2D eigenvalue weighted by Gasteiger charge is 2.14. The summed E-state index contributed by atoms with van der Waals surface area (Å²) in [6.45, 7) is 8.75. The number of halogens is 1. The molecule has 1 aromatic rings. The predicted molar refractivity (Wildman–Crippen MR) is 114 cm³/mol. The maximum Gasteiger partial charge on any atom is 0.191 e. The summed E-state index contributed by atoms with van der Waals surface area (Å²) in [6, 6.07) is 0. The molecule has 0 amide bonds. The van der Waals surface area contributed by atoms with E-state index in [1.807, 2.05) is 6.20 Å². The van der Waals surface area contributed by atoms with Crippen molar-refractivity contribution in [1.82, 2.24) is 15.6 Å². The normalized spacial score (nSPS) is 17.4. The number of aromatic nitrogens is 1. The van der Waals surface area contributed by atoms with Gasteiger partial charge in [0.1, 0.15) is 0 Å². The molecule has 1 aliphatic rings. The maximum atomic E-state index is 5.64. The fourth-order valence-corrected chi connectivity index (χ4v) is 3.33. The van der Waals surface area contributed by atoms with Crippen LogP contribution in [0.1, 0.15) is 36.6 Å². The van der Waals surface area contributed by atoms with Gasteiger partial charge in [-0.3, -0.25) is 4.99 Å². The van der Waals surface area contributed by atoms with Gasteiger partial charge in [-0.2, -0.15) is 0 Å².